The van der Waals surface area contributed by atoms with Crippen LogP contribution in [-0.2, 0) is 0 Å². The number of nitrogens with zero attached hydrogens (tertiary/aromatic N) is 4. The highest BCUT2D eigenvalue weighted by Crippen LogP contribution is 2.27. The first-order valence-corrected chi connectivity index (χ1v) is 10.9. The summed E-state index contributed by atoms with van der Waals surface area (Å²) in [5.41, 5.74) is 0.969. The van der Waals surface area contributed by atoms with Crippen molar-refractivity contribution in [3.05, 3.63) is 35.5 Å². The second kappa shape index (κ2) is 8.61. The number of carbonyl (C=O) groups excluding carboxylic acids is 1. The molecular formula is C21H25FN6OS. The van der Waals surface area contributed by atoms with E-state index in [-0.39, 0.29) is 24.7 Å². The lowest BCUT2D eigenvalue weighted by Crippen LogP contribution is -2.54. The van der Waals surface area contributed by atoms with Crippen LogP contribution in [0.4, 0.5) is 15.0 Å². The lowest BCUT2D eigenvalue weighted by atomic mass is 10.0. The van der Waals surface area contributed by atoms with E-state index in [1.165, 1.54) is 16.2 Å². The fourth-order valence-corrected chi connectivity index (χ4v) is 4.34. The summed E-state index contributed by atoms with van der Waals surface area (Å²) in [7, 11) is 0. The Morgan fingerprint density at radius 3 is 2.80 bits per heavy atom. The van der Waals surface area contributed by atoms with Gasteiger partial charge in [-0.25, -0.2) is 14.2 Å². The van der Waals surface area contributed by atoms with Crippen LogP contribution in [0.3, 0.4) is 0 Å². The molecule has 3 aromatic rings. The zero-order valence-electron chi connectivity index (χ0n) is 17.2. The zero-order valence-corrected chi connectivity index (χ0v) is 18.0. The highest BCUT2D eigenvalue weighted by molar-refractivity contribution is 7.14. The standard InChI is InChI=1S/C21H25FN6OS/c1-12(2)24-18-6-7-28(11-17(18)22)21(29)25-19-9-16-8-14(4-5-15(16)10-23-19)20-27-26-13(3)30-20/h4-5,8-10,12,17-18,24H,6-7,11H2,1-3H3,(H,23,25,29)/t17-,18-/m1/s1. The predicted molar refractivity (Wildman–Crippen MR) is 118 cm³/mol. The summed E-state index contributed by atoms with van der Waals surface area (Å²) in [6.45, 7) is 6.49. The number of carbonyl (C=O) groups is 1. The van der Waals surface area contributed by atoms with Crippen molar-refractivity contribution in [2.45, 2.75) is 45.4 Å². The van der Waals surface area contributed by atoms with Gasteiger partial charge in [-0.1, -0.05) is 37.3 Å². The van der Waals surface area contributed by atoms with Gasteiger partial charge in [-0.2, -0.15) is 0 Å². The number of halogens is 1. The van der Waals surface area contributed by atoms with Crippen molar-refractivity contribution < 1.29 is 9.18 Å². The summed E-state index contributed by atoms with van der Waals surface area (Å²) in [4.78, 5) is 18.5. The molecule has 0 spiro atoms. The molecule has 0 unspecified atom stereocenters. The van der Waals surface area contributed by atoms with Gasteiger partial charge in [0.1, 0.15) is 22.0 Å². The van der Waals surface area contributed by atoms with Gasteiger partial charge in [-0.15, -0.1) is 10.2 Å². The average Bonchev–Trinajstić information content (AvgIpc) is 3.15. The Hall–Kier alpha value is -2.65. The normalized spacial score (nSPS) is 19.4. The molecule has 1 fully saturated rings. The quantitative estimate of drug-likeness (QED) is 0.656. The lowest BCUT2D eigenvalue weighted by molar-refractivity contribution is 0.119. The van der Waals surface area contributed by atoms with E-state index in [9.17, 15) is 9.18 Å². The monoisotopic (exact) mass is 428 g/mol. The summed E-state index contributed by atoms with van der Waals surface area (Å²) in [5, 5.41) is 18.0. The van der Waals surface area contributed by atoms with E-state index >= 15 is 0 Å². The number of anilines is 1. The van der Waals surface area contributed by atoms with Gasteiger partial charge in [0.05, 0.1) is 6.54 Å². The van der Waals surface area contributed by atoms with Gasteiger partial charge in [0.25, 0.3) is 0 Å². The minimum Gasteiger partial charge on any atom is -0.321 e. The van der Waals surface area contributed by atoms with Crippen LogP contribution < -0.4 is 10.6 Å². The van der Waals surface area contributed by atoms with Crippen LogP contribution in [0.5, 0.6) is 0 Å². The summed E-state index contributed by atoms with van der Waals surface area (Å²) < 4.78 is 14.5. The maximum absolute atomic E-state index is 14.5. The van der Waals surface area contributed by atoms with Crippen molar-refractivity contribution in [1.29, 1.82) is 0 Å². The Morgan fingerprint density at radius 1 is 1.27 bits per heavy atom. The number of benzene rings is 1. The molecule has 0 saturated carbocycles. The molecule has 7 nitrogen and oxygen atoms in total. The zero-order chi connectivity index (χ0) is 21.3. The van der Waals surface area contributed by atoms with Gasteiger partial charge in [0, 0.05) is 35.8 Å². The minimum atomic E-state index is -1.09. The number of hydrogen-bond donors (Lipinski definition) is 2. The molecule has 0 bridgehead atoms. The van der Waals surface area contributed by atoms with Gasteiger partial charge in [0.15, 0.2) is 0 Å². The molecule has 9 heteroatoms. The maximum atomic E-state index is 14.5. The third-order valence-electron chi connectivity index (χ3n) is 5.11. The van der Waals surface area contributed by atoms with Crippen LogP contribution in [0.2, 0.25) is 0 Å². The van der Waals surface area contributed by atoms with Crippen molar-refractivity contribution in [3.8, 4) is 10.6 Å². The predicted octanol–water partition coefficient (Wildman–Crippen LogP) is 4.00. The Morgan fingerprint density at radius 2 is 2.10 bits per heavy atom. The van der Waals surface area contributed by atoms with Gasteiger partial charge < -0.3 is 10.2 Å². The molecule has 2 amide bonds. The number of fused-ring (bicyclic) bond motifs is 1. The largest absolute Gasteiger partial charge is 0.323 e. The number of alkyl halides is 1. The molecule has 3 heterocycles. The number of aromatic nitrogens is 3. The lowest BCUT2D eigenvalue weighted by Gasteiger charge is -2.35. The molecule has 2 N–H and O–H groups in total. The Kier molecular flexibility index (Phi) is 5.92. The molecule has 1 aromatic carbocycles. The molecule has 1 saturated heterocycles. The third kappa shape index (κ3) is 4.57. The summed E-state index contributed by atoms with van der Waals surface area (Å²) in [6.07, 6.45) is 1.22. The van der Waals surface area contributed by atoms with Gasteiger partial charge in [-0.05, 0) is 30.9 Å². The van der Waals surface area contributed by atoms with Crippen LogP contribution >= 0.6 is 11.3 Å². The van der Waals surface area contributed by atoms with Crippen LogP contribution in [0.1, 0.15) is 25.3 Å². The number of amides is 2. The number of likely N-dealkylation sites (tertiary alicyclic amines) is 1. The number of hydrogen-bond acceptors (Lipinski definition) is 6. The molecule has 4 rings (SSSR count). The SMILES string of the molecule is Cc1nnc(-c2ccc3cnc(NC(=O)N4CC[C@@H](NC(C)C)[C@H](F)C4)cc3c2)s1. The maximum Gasteiger partial charge on any atom is 0.323 e. The molecule has 1 aliphatic heterocycles. The number of piperidine rings is 1. The van der Waals surface area contributed by atoms with Crippen LogP contribution in [0.25, 0.3) is 21.3 Å². The number of aryl methyl sites for hydroxylation is 1. The van der Waals surface area contributed by atoms with Gasteiger partial charge in [-0.3, -0.25) is 5.32 Å². The molecule has 0 radical (unpaired) electrons. The fourth-order valence-electron chi connectivity index (χ4n) is 3.65. The van der Waals surface area contributed by atoms with Crippen LogP contribution in [-0.4, -0.2) is 57.5 Å². The van der Waals surface area contributed by atoms with Crippen molar-refractivity contribution in [1.82, 2.24) is 25.4 Å². The van der Waals surface area contributed by atoms with E-state index in [2.05, 4.69) is 25.8 Å². The van der Waals surface area contributed by atoms with Crippen molar-refractivity contribution in [3.63, 3.8) is 0 Å². The molecule has 1 aliphatic rings. The number of urea groups is 1. The number of nitrogens with one attached hydrogen (secondary N) is 2. The van der Waals surface area contributed by atoms with E-state index in [4.69, 9.17) is 0 Å². The van der Waals surface area contributed by atoms with Crippen molar-refractivity contribution in [2.24, 2.45) is 0 Å². The summed E-state index contributed by atoms with van der Waals surface area (Å²) >= 11 is 1.53. The molecule has 0 aliphatic carbocycles. The molecule has 30 heavy (non-hydrogen) atoms. The first kappa shape index (κ1) is 20.6. The number of rotatable bonds is 4. The number of pyridine rings is 1. The van der Waals surface area contributed by atoms with Crippen molar-refractivity contribution in [2.75, 3.05) is 18.4 Å². The average molecular weight is 429 g/mol. The topological polar surface area (TPSA) is 83.0 Å². The molecular weight excluding hydrogens is 403 g/mol. The van der Waals surface area contributed by atoms with E-state index in [0.717, 1.165) is 26.4 Å². The highest BCUT2D eigenvalue weighted by Gasteiger charge is 2.31. The van der Waals surface area contributed by atoms with E-state index in [0.29, 0.717) is 18.8 Å². The molecule has 2 aromatic heterocycles. The Labute approximate surface area is 178 Å². The van der Waals surface area contributed by atoms with Crippen LogP contribution in [0, 0.1) is 6.92 Å². The molecule has 2 atom stereocenters. The van der Waals surface area contributed by atoms with E-state index in [1.54, 1.807) is 6.20 Å². The first-order chi connectivity index (χ1) is 14.4. The second-order valence-corrected chi connectivity index (χ2v) is 9.05. The Balaban J connectivity index is 1.46. The van der Waals surface area contributed by atoms with E-state index < -0.39 is 6.17 Å². The third-order valence-corrected chi connectivity index (χ3v) is 5.99. The molecule has 158 valence electrons. The van der Waals surface area contributed by atoms with Gasteiger partial charge in [0.2, 0.25) is 0 Å². The smallest absolute Gasteiger partial charge is 0.321 e. The first-order valence-electron chi connectivity index (χ1n) is 10.1. The van der Waals surface area contributed by atoms with Gasteiger partial charge >= 0.3 is 6.03 Å². The van der Waals surface area contributed by atoms with E-state index in [1.807, 2.05) is 45.0 Å². The highest BCUT2D eigenvalue weighted by atomic mass is 32.1. The second-order valence-electron chi connectivity index (χ2n) is 7.87. The fraction of sp³-hybridized carbons (Fsp3) is 0.429. The van der Waals surface area contributed by atoms with Crippen molar-refractivity contribution >= 4 is 34.0 Å². The van der Waals surface area contributed by atoms with Crippen LogP contribution in [0.15, 0.2) is 30.5 Å². The summed E-state index contributed by atoms with van der Waals surface area (Å²) in [5.74, 6) is 0.441. The minimum absolute atomic E-state index is 0.0738. The summed E-state index contributed by atoms with van der Waals surface area (Å²) in [6, 6.07) is 7.46. The Bertz CT molecular complexity index is 1050.